The average molecular weight is 344 g/mol. The lowest BCUT2D eigenvalue weighted by Crippen LogP contribution is -2.24. The zero-order valence-corrected chi connectivity index (χ0v) is 13.8. The molecule has 4 nitrogen and oxygen atoms in total. The molecule has 0 bridgehead atoms. The molecule has 1 aliphatic heterocycles. The van der Waals surface area contributed by atoms with Crippen LogP contribution in [0.2, 0.25) is 0 Å². The lowest BCUT2D eigenvalue weighted by Gasteiger charge is -2.19. The fourth-order valence-electron chi connectivity index (χ4n) is 3.00. The Morgan fingerprint density at radius 1 is 1.24 bits per heavy atom. The monoisotopic (exact) mass is 344 g/mol. The van der Waals surface area contributed by atoms with E-state index in [2.05, 4.69) is 5.32 Å². The van der Waals surface area contributed by atoms with E-state index in [0.717, 1.165) is 23.7 Å². The Bertz CT molecular complexity index is 836. The van der Waals surface area contributed by atoms with Gasteiger partial charge in [0.2, 0.25) is 11.8 Å². The summed E-state index contributed by atoms with van der Waals surface area (Å²) in [5, 5.41) is 2.68. The summed E-state index contributed by atoms with van der Waals surface area (Å²) in [7, 11) is 0. The first kappa shape index (κ1) is 17.1. The number of hydrogen-bond donors (Lipinski definition) is 1. The molecule has 0 saturated carbocycles. The number of benzene rings is 2. The molecule has 0 atom stereocenters. The molecule has 3 rings (SSSR count). The van der Waals surface area contributed by atoms with Crippen LogP contribution in [-0.4, -0.2) is 18.4 Å². The van der Waals surface area contributed by atoms with Crippen LogP contribution >= 0.6 is 0 Å². The van der Waals surface area contributed by atoms with Gasteiger partial charge in [-0.05, 0) is 43.2 Å². The summed E-state index contributed by atoms with van der Waals surface area (Å²) in [5.74, 6) is -2.31. The number of aryl methyl sites for hydroxylation is 1. The molecule has 130 valence electrons. The molecule has 2 amide bonds. The number of carbonyl (C=O) groups excluding carboxylic acids is 2. The number of amides is 2. The van der Waals surface area contributed by atoms with Gasteiger partial charge in [0.05, 0.1) is 6.42 Å². The predicted octanol–water partition coefficient (Wildman–Crippen LogP) is 3.58. The van der Waals surface area contributed by atoms with Gasteiger partial charge >= 0.3 is 0 Å². The van der Waals surface area contributed by atoms with Crippen LogP contribution in [0.15, 0.2) is 36.4 Å². The molecule has 0 aromatic heterocycles. The summed E-state index contributed by atoms with van der Waals surface area (Å²) < 4.78 is 26.8. The molecule has 1 saturated heterocycles. The highest BCUT2D eigenvalue weighted by Gasteiger charge is 2.23. The van der Waals surface area contributed by atoms with Crippen molar-refractivity contribution in [3.05, 3.63) is 59.2 Å². The van der Waals surface area contributed by atoms with Crippen molar-refractivity contribution in [1.29, 1.82) is 0 Å². The van der Waals surface area contributed by atoms with Crippen LogP contribution in [0, 0.1) is 18.6 Å². The first-order valence-corrected chi connectivity index (χ1v) is 8.09. The Morgan fingerprint density at radius 3 is 2.72 bits per heavy atom. The third-order valence-corrected chi connectivity index (χ3v) is 4.23. The third-order valence-electron chi connectivity index (χ3n) is 4.23. The summed E-state index contributed by atoms with van der Waals surface area (Å²) in [6.45, 7) is 2.56. The predicted molar refractivity (Wildman–Crippen MR) is 91.5 cm³/mol. The standard InChI is InChI=1S/C19H18F2N2O2/c1-12-10-14(7-8-16(12)23-9-3-6-18(23)25)22-17(24)11-13-4-2-5-15(20)19(13)21/h2,4-5,7-8,10H,3,6,9,11H2,1H3,(H,22,24). The summed E-state index contributed by atoms with van der Waals surface area (Å²) in [5.41, 5.74) is 2.25. The van der Waals surface area contributed by atoms with Crippen LogP contribution in [-0.2, 0) is 16.0 Å². The first-order valence-electron chi connectivity index (χ1n) is 8.09. The number of carbonyl (C=O) groups is 2. The molecule has 0 unspecified atom stereocenters. The number of nitrogens with zero attached hydrogens (tertiary/aromatic N) is 1. The van der Waals surface area contributed by atoms with E-state index in [-0.39, 0.29) is 17.9 Å². The molecule has 6 heteroatoms. The highest BCUT2D eigenvalue weighted by Crippen LogP contribution is 2.27. The second-order valence-electron chi connectivity index (χ2n) is 6.09. The smallest absolute Gasteiger partial charge is 0.228 e. The molecule has 1 fully saturated rings. The quantitative estimate of drug-likeness (QED) is 0.922. The Kier molecular flexibility index (Phi) is 4.79. The first-order chi connectivity index (χ1) is 12.0. The largest absolute Gasteiger partial charge is 0.326 e. The van der Waals surface area contributed by atoms with E-state index in [1.807, 2.05) is 6.92 Å². The van der Waals surface area contributed by atoms with Gasteiger partial charge in [-0.2, -0.15) is 0 Å². The SMILES string of the molecule is Cc1cc(NC(=O)Cc2cccc(F)c2F)ccc1N1CCCC1=O. The minimum absolute atomic E-state index is 0.00788. The van der Waals surface area contributed by atoms with Gasteiger partial charge in [-0.15, -0.1) is 0 Å². The van der Waals surface area contributed by atoms with Crippen LogP contribution in [0.25, 0.3) is 0 Å². The Balaban J connectivity index is 1.70. The second kappa shape index (κ2) is 7.01. The number of nitrogens with one attached hydrogen (secondary N) is 1. The van der Waals surface area contributed by atoms with Crippen LogP contribution < -0.4 is 10.2 Å². The van der Waals surface area contributed by atoms with E-state index in [9.17, 15) is 18.4 Å². The van der Waals surface area contributed by atoms with Crippen molar-refractivity contribution >= 4 is 23.2 Å². The van der Waals surface area contributed by atoms with E-state index in [0.29, 0.717) is 18.7 Å². The highest BCUT2D eigenvalue weighted by atomic mass is 19.2. The van der Waals surface area contributed by atoms with Crippen molar-refractivity contribution in [2.45, 2.75) is 26.2 Å². The normalized spacial score (nSPS) is 14.0. The van der Waals surface area contributed by atoms with Gasteiger partial charge in [0.15, 0.2) is 11.6 Å². The molecular formula is C19H18F2N2O2. The maximum Gasteiger partial charge on any atom is 0.228 e. The Hall–Kier alpha value is -2.76. The summed E-state index contributed by atoms with van der Waals surface area (Å²) >= 11 is 0. The maximum absolute atomic E-state index is 13.6. The fourth-order valence-corrected chi connectivity index (χ4v) is 3.00. The zero-order valence-electron chi connectivity index (χ0n) is 13.8. The molecule has 0 radical (unpaired) electrons. The maximum atomic E-state index is 13.6. The fraction of sp³-hybridized carbons (Fsp3) is 0.263. The van der Waals surface area contributed by atoms with Gasteiger partial charge in [-0.25, -0.2) is 8.78 Å². The second-order valence-corrected chi connectivity index (χ2v) is 6.09. The van der Waals surface area contributed by atoms with E-state index in [1.54, 1.807) is 23.1 Å². The van der Waals surface area contributed by atoms with Gasteiger partial charge in [0, 0.05) is 29.9 Å². The summed E-state index contributed by atoms with van der Waals surface area (Å²) in [6.07, 6.45) is 1.14. The van der Waals surface area contributed by atoms with Crippen molar-refractivity contribution in [1.82, 2.24) is 0 Å². The van der Waals surface area contributed by atoms with E-state index in [1.165, 1.54) is 12.1 Å². The van der Waals surface area contributed by atoms with Gasteiger partial charge in [0.25, 0.3) is 0 Å². The molecule has 25 heavy (non-hydrogen) atoms. The van der Waals surface area contributed by atoms with E-state index in [4.69, 9.17) is 0 Å². The number of halogens is 2. The van der Waals surface area contributed by atoms with Gasteiger partial charge in [-0.1, -0.05) is 12.1 Å². The van der Waals surface area contributed by atoms with Crippen molar-refractivity contribution in [2.24, 2.45) is 0 Å². The Labute approximate surface area is 144 Å². The average Bonchev–Trinajstić information content (AvgIpc) is 2.98. The highest BCUT2D eigenvalue weighted by molar-refractivity contribution is 5.97. The zero-order chi connectivity index (χ0) is 18.0. The van der Waals surface area contributed by atoms with Crippen LogP contribution in [0.3, 0.4) is 0 Å². The molecule has 1 N–H and O–H groups in total. The lowest BCUT2D eigenvalue weighted by molar-refractivity contribution is -0.117. The third kappa shape index (κ3) is 3.68. The van der Waals surface area contributed by atoms with Crippen molar-refractivity contribution in [3.8, 4) is 0 Å². The molecular weight excluding hydrogens is 326 g/mol. The molecule has 1 aliphatic rings. The summed E-state index contributed by atoms with van der Waals surface area (Å²) in [4.78, 5) is 25.7. The molecule has 0 spiro atoms. The van der Waals surface area contributed by atoms with Crippen molar-refractivity contribution < 1.29 is 18.4 Å². The van der Waals surface area contributed by atoms with Gasteiger partial charge in [-0.3, -0.25) is 9.59 Å². The number of anilines is 2. The van der Waals surface area contributed by atoms with E-state index < -0.39 is 17.5 Å². The Morgan fingerprint density at radius 2 is 2.04 bits per heavy atom. The minimum Gasteiger partial charge on any atom is -0.326 e. The van der Waals surface area contributed by atoms with Crippen molar-refractivity contribution in [3.63, 3.8) is 0 Å². The molecule has 2 aromatic carbocycles. The van der Waals surface area contributed by atoms with Crippen LogP contribution in [0.1, 0.15) is 24.0 Å². The summed E-state index contributed by atoms with van der Waals surface area (Å²) in [6, 6.07) is 9.02. The van der Waals surface area contributed by atoms with Crippen LogP contribution in [0.5, 0.6) is 0 Å². The molecule has 1 heterocycles. The van der Waals surface area contributed by atoms with E-state index >= 15 is 0 Å². The van der Waals surface area contributed by atoms with Gasteiger partial charge < -0.3 is 10.2 Å². The van der Waals surface area contributed by atoms with Crippen LogP contribution in [0.4, 0.5) is 20.2 Å². The minimum atomic E-state index is -1.00. The molecule has 2 aromatic rings. The van der Waals surface area contributed by atoms with Crippen molar-refractivity contribution in [2.75, 3.05) is 16.8 Å². The number of rotatable bonds is 4. The topological polar surface area (TPSA) is 49.4 Å². The lowest BCUT2D eigenvalue weighted by atomic mass is 10.1. The molecule has 0 aliphatic carbocycles. The number of hydrogen-bond acceptors (Lipinski definition) is 2. The van der Waals surface area contributed by atoms with Gasteiger partial charge in [0.1, 0.15) is 0 Å².